The van der Waals surface area contributed by atoms with Gasteiger partial charge in [-0.15, -0.1) is 0 Å². The van der Waals surface area contributed by atoms with E-state index in [-0.39, 0.29) is 17.7 Å². The van der Waals surface area contributed by atoms with Crippen molar-refractivity contribution in [1.29, 1.82) is 0 Å². The number of carbonyl (C=O) groups is 2. The highest BCUT2D eigenvalue weighted by atomic mass is 16.3. The molecule has 1 atom stereocenters. The topological polar surface area (TPSA) is 72.9 Å². The van der Waals surface area contributed by atoms with E-state index in [0.29, 0.717) is 23.5 Å². The van der Waals surface area contributed by atoms with Crippen LogP contribution in [0.5, 0.6) is 5.75 Å². The Morgan fingerprint density at radius 3 is 2.54 bits per heavy atom. The molecule has 0 radical (unpaired) electrons. The number of benzene rings is 2. The first kappa shape index (κ1) is 16.2. The number of nitrogens with one attached hydrogen (secondary N) is 1. The zero-order chi connectivity index (χ0) is 18.4. The number of nitrogens with zero attached hydrogens (tertiary/aromatic N) is 2. The van der Waals surface area contributed by atoms with Crippen LogP contribution < -0.4 is 10.2 Å². The summed E-state index contributed by atoms with van der Waals surface area (Å²) < 4.78 is 0. The minimum Gasteiger partial charge on any atom is -0.508 e. The summed E-state index contributed by atoms with van der Waals surface area (Å²) in [7, 11) is 1.66. The molecule has 26 heavy (non-hydrogen) atoms. The highest BCUT2D eigenvalue weighted by Crippen LogP contribution is 2.38. The molecule has 4 rings (SSSR count). The van der Waals surface area contributed by atoms with Gasteiger partial charge in [-0.05, 0) is 24.6 Å². The minimum absolute atomic E-state index is 0.0952. The Morgan fingerprint density at radius 1 is 1.12 bits per heavy atom. The van der Waals surface area contributed by atoms with Crippen LogP contribution >= 0.6 is 0 Å². The molecule has 0 spiro atoms. The number of likely N-dealkylation sites (N-methyl/N-ethyl adjacent to an activating group) is 1. The van der Waals surface area contributed by atoms with Crippen LogP contribution in [0, 0.1) is 6.92 Å². The molecule has 2 aromatic carbocycles. The number of carbonyl (C=O) groups excluding carboxylic acids is 2. The number of phenols is 1. The molecule has 0 saturated carbocycles. The van der Waals surface area contributed by atoms with Crippen molar-refractivity contribution >= 4 is 17.6 Å². The standard InChI is InChI=1S/C20H19N3O3/c1-12-6-8-13(9-7-12)18-17-16(22(2)20(26)21-18)11-23(19(17)25)14-4-3-5-15(24)10-14/h3-10,18,24H,11H2,1-2H3,(H,21,26). The van der Waals surface area contributed by atoms with E-state index in [4.69, 9.17) is 0 Å². The summed E-state index contributed by atoms with van der Waals surface area (Å²) in [6.07, 6.45) is 0. The van der Waals surface area contributed by atoms with E-state index in [9.17, 15) is 14.7 Å². The fraction of sp³-hybridized carbons (Fsp3) is 0.200. The summed E-state index contributed by atoms with van der Waals surface area (Å²) in [5.74, 6) is -0.0687. The lowest BCUT2D eigenvalue weighted by Crippen LogP contribution is -2.45. The van der Waals surface area contributed by atoms with E-state index in [0.717, 1.165) is 11.1 Å². The predicted octanol–water partition coefficient (Wildman–Crippen LogP) is 2.70. The van der Waals surface area contributed by atoms with Gasteiger partial charge in [-0.25, -0.2) is 4.79 Å². The molecule has 3 amide bonds. The SMILES string of the molecule is Cc1ccc(C2NC(=O)N(C)C3=C2C(=O)N(c2cccc(O)c2)C3)cc1. The number of aromatic hydroxyl groups is 1. The molecule has 2 N–H and O–H groups in total. The maximum Gasteiger partial charge on any atom is 0.322 e. The lowest BCUT2D eigenvalue weighted by atomic mass is 9.95. The second-order valence-electron chi connectivity index (χ2n) is 6.62. The van der Waals surface area contributed by atoms with Crippen molar-refractivity contribution < 1.29 is 14.7 Å². The molecule has 0 aromatic heterocycles. The molecule has 0 bridgehead atoms. The number of amides is 3. The van der Waals surface area contributed by atoms with Gasteiger partial charge in [0.15, 0.2) is 0 Å². The van der Waals surface area contributed by atoms with Crippen molar-refractivity contribution in [2.24, 2.45) is 0 Å². The van der Waals surface area contributed by atoms with E-state index in [1.54, 1.807) is 36.2 Å². The molecule has 1 unspecified atom stereocenters. The van der Waals surface area contributed by atoms with Crippen molar-refractivity contribution in [3.63, 3.8) is 0 Å². The number of rotatable bonds is 2. The lowest BCUT2D eigenvalue weighted by Gasteiger charge is -2.31. The number of phenolic OH excluding ortho intramolecular Hbond substituents is 1. The Labute approximate surface area is 151 Å². The van der Waals surface area contributed by atoms with Crippen LogP contribution in [0.4, 0.5) is 10.5 Å². The van der Waals surface area contributed by atoms with Gasteiger partial charge in [0.05, 0.1) is 23.9 Å². The van der Waals surface area contributed by atoms with Crippen LogP contribution in [0.1, 0.15) is 17.2 Å². The third kappa shape index (κ3) is 2.50. The van der Waals surface area contributed by atoms with Crippen LogP contribution in [-0.2, 0) is 4.79 Å². The van der Waals surface area contributed by atoms with Gasteiger partial charge in [0.1, 0.15) is 5.75 Å². The van der Waals surface area contributed by atoms with Crippen molar-refractivity contribution in [1.82, 2.24) is 10.2 Å². The molecule has 2 heterocycles. The van der Waals surface area contributed by atoms with Crippen LogP contribution in [0.3, 0.4) is 0 Å². The summed E-state index contributed by atoms with van der Waals surface area (Å²) in [6, 6.07) is 13.6. The first-order chi connectivity index (χ1) is 12.5. The normalized spacial score (nSPS) is 19.7. The van der Waals surface area contributed by atoms with E-state index in [2.05, 4.69) is 5.32 Å². The van der Waals surface area contributed by atoms with Crippen LogP contribution in [0.2, 0.25) is 0 Å². The smallest absolute Gasteiger partial charge is 0.322 e. The fourth-order valence-electron chi connectivity index (χ4n) is 3.45. The summed E-state index contributed by atoms with van der Waals surface area (Å²) in [5.41, 5.74) is 3.84. The van der Waals surface area contributed by atoms with Crippen molar-refractivity contribution in [3.05, 3.63) is 70.9 Å². The monoisotopic (exact) mass is 349 g/mol. The van der Waals surface area contributed by atoms with E-state index in [1.165, 1.54) is 4.90 Å². The Hall–Kier alpha value is -3.28. The molecular formula is C20H19N3O3. The van der Waals surface area contributed by atoms with E-state index < -0.39 is 6.04 Å². The number of urea groups is 1. The molecule has 132 valence electrons. The minimum atomic E-state index is -0.482. The maximum absolute atomic E-state index is 13.2. The average molecular weight is 349 g/mol. The van der Waals surface area contributed by atoms with Gasteiger partial charge in [0, 0.05) is 18.8 Å². The molecule has 2 aliphatic rings. The molecule has 0 aliphatic carbocycles. The molecule has 6 nitrogen and oxygen atoms in total. The second-order valence-corrected chi connectivity index (χ2v) is 6.62. The Morgan fingerprint density at radius 2 is 1.85 bits per heavy atom. The third-order valence-electron chi connectivity index (χ3n) is 4.91. The van der Waals surface area contributed by atoms with Gasteiger partial charge in [0.25, 0.3) is 5.91 Å². The van der Waals surface area contributed by atoms with Gasteiger partial charge in [-0.1, -0.05) is 35.9 Å². The quantitative estimate of drug-likeness (QED) is 0.876. The number of aryl methyl sites for hydroxylation is 1. The summed E-state index contributed by atoms with van der Waals surface area (Å²) in [6.45, 7) is 2.29. The van der Waals surface area contributed by atoms with Crippen LogP contribution in [0.25, 0.3) is 0 Å². The van der Waals surface area contributed by atoms with Crippen LogP contribution in [-0.4, -0.2) is 35.5 Å². The number of hydrogen-bond acceptors (Lipinski definition) is 3. The predicted molar refractivity (Wildman–Crippen MR) is 97.7 cm³/mol. The van der Waals surface area contributed by atoms with Gasteiger partial charge in [-0.2, -0.15) is 0 Å². The van der Waals surface area contributed by atoms with Gasteiger partial charge >= 0.3 is 6.03 Å². The van der Waals surface area contributed by atoms with Crippen molar-refractivity contribution in [3.8, 4) is 5.75 Å². The Bertz CT molecular complexity index is 934. The Balaban J connectivity index is 1.76. The molecule has 0 saturated heterocycles. The molecule has 0 fully saturated rings. The largest absolute Gasteiger partial charge is 0.508 e. The maximum atomic E-state index is 13.2. The zero-order valence-electron chi connectivity index (χ0n) is 14.6. The first-order valence-corrected chi connectivity index (χ1v) is 8.40. The molecule has 2 aliphatic heterocycles. The molecule has 6 heteroatoms. The van der Waals surface area contributed by atoms with Gasteiger partial charge in [-0.3, -0.25) is 9.69 Å². The first-order valence-electron chi connectivity index (χ1n) is 8.40. The number of hydrogen-bond donors (Lipinski definition) is 2. The second kappa shape index (κ2) is 5.91. The number of anilines is 1. The molecule has 2 aromatic rings. The lowest BCUT2D eigenvalue weighted by molar-refractivity contribution is -0.114. The highest BCUT2D eigenvalue weighted by Gasteiger charge is 2.43. The van der Waals surface area contributed by atoms with Gasteiger partial charge in [0.2, 0.25) is 0 Å². The molecular weight excluding hydrogens is 330 g/mol. The highest BCUT2D eigenvalue weighted by molar-refractivity contribution is 6.11. The Kier molecular flexibility index (Phi) is 3.68. The average Bonchev–Trinajstić information content (AvgIpc) is 2.97. The summed E-state index contributed by atoms with van der Waals surface area (Å²) in [4.78, 5) is 28.6. The van der Waals surface area contributed by atoms with Crippen molar-refractivity contribution in [2.75, 3.05) is 18.5 Å². The summed E-state index contributed by atoms with van der Waals surface area (Å²) in [5, 5.41) is 12.7. The van der Waals surface area contributed by atoms with E-state index >= 15 is 0 Å². The van der Waals surface area contributed by atoms with Crippen LogP contribution in [0.15, 0.2) is 59.8 Å². The third-order valence-corrected chi connectivity index (χ3v) is 4.91. The zero-order valence-corrected chi connectivity index (χ0v) is 14.6. The fourth-order valence-corrected chi connectivity index (χ4v) is 3.45. The summed E-state index contributed by atoms with van der Waals surface area (Å²) >= 11 is 0. The van der Waals surface area contributed by atoms with Gasteiger partial charge < -0.3 is 15.3 Å². The van der Waals surface area contributed by atoms with E-state index in [1.807, 2.05) is 31.2 Å². The van der Waals surface area contributed by atoms with Crippen molar-refractivity contribution in [2.45, 2.75) is 13.0 Å².